The minimum Gasteiger partial charge on any atom is -0.336 e. The van der Waals surface area contributed by atoms with E-state index in [2.05, 4.69) is 17.1 Å². The van der Waals surface area contributed by atoms with Crippen molar-refractivity contribution in [3.05, 3.63) is 47.5 Å². The first-order valence-electron chi connectivity index (χ1n) is 9.06. The lowest BCUT2D eigenvalue weighted by Crippen LogP contribution is -2.45. The smallest absolute Gasteiger partial charge is 0.326 e. The second kappa shape index (κ2) is 7.51. The summed E-state index contributed by atoms with van der Waals surface area (Å²) in [6.45, 7) is 5.02. The molecule has 1 saturated heterocycles. The SMILES string of the molecule is CCN1CCCC1CNC(=O)N1c2ccccc2Sc2cc(Cl)ccc21. The van der Waals surface area contributed by atoms with Gasteiger partial charge in [-0.3, -0.25) is 9.80 Å². The Bertz CT molecular complexity index is 828. The predicted octanol–water partition coefficient (Wildman–Crippen LogP) is 5.14. The maximum atomic E-state index is 13.1. The third-order valence-corrected chi connectivity index (χ3v) is 6.43. The largest absolute Gasteiger partial charge is 0.336 e. The van der Waals surface area contributed by atoms with Gasteiger partial charge in [-0.15, -0.1) is 0 Å². The maximum Gasteiger partial charge on any atom is 0.326 e. The molecule has 0 aliphatic carbocycles. The number of halogens is 1. The first-order chi connectivity index (χ1) is 12.7. The van der Waals surface area contributed by atoms with Crippen LogP contribution in [0, 0.1) is 0 Å². The van der Waals surface area contributed by atoms with Crippen LogP contribution in [0.1, 0.15) is 19.8 Å². The van der Waals surface area contributed by atoms with Gasteiger partial charge in [-0.25, -0.2) is 4.79 Å². The molecule has 0 aromatic heterocycles. The van der Waals surface area contributed by atoms with Crippen molar-refractivity contribution in [2.24, 2.45) is 0 Å². The number of carbonyl (C=O) groups excluding carboxylic acids is 1. The van der Waals surface area contributed by atoms with Crippen molar-refractivity contribution < 1.29 is 4.79 Å². The van der Waals surface area contributed by atoms with Crippen LogP contribution in [0.4, 0.5) is 16.2 Å². The second-order valence-corrected chi connectivity index (χ2v) is 8.15. The minimum absolute atomic E-state index is 0.0794. The van der Waals surface area contributed by atoms with Crippen molar-refractivity contribution in [3.8, 4) is 0 Å². The second-order valence-electron chi connectivity index (χ2n) is 6.63. The third kappa shape index (κ3) is 3.31. The summed E-state index contributed by atoms with van der Waals surface area (Å²) in [6.07, 6.45) is 2.35. The van der Waals surface area contributed by atoms with Crippen molar-refractivity contribution in [2.45, 2.75) is 35.6 Å². The van der Waals surface area contributed by atoms with E-state index in [-0.39, 0.29) is 6.03 Å². The highest BCUT2D eigenvalue weighted by Crippen LogP contribution is 2.48. The summed E-state index contributed by atoms with van der Waals surface area (Å²) in [6, 6.07) is 14.0. The normalized spacial score (nSPS) is 19.2. The first-order valence-corrected chi connectivity index (χ1v) is 10.2. The van der Waals surface area contributed by atoms with Crippen LogP contribution in [0.3, 0.4) is 0 Å². The van der Waals surface area contributed by atoms with Gasteiger partial charge in [0, 0.05) is 27.4 Å². The zero-order valence-corrected chi connectivity index (χ0v) is 16.3. The van der Waals surface area contributed by atoms with Crippen LogP contribution >= 0.6 is 23.4 Å². The molecule has 0 radical (unpaired) electrons. The molecule has 2 aromatic rings. The Kier molecular flexibility index (Phi) is 5.11. The van der Waals surface area contributed by atoms with Gasteiger partial charge in [-0.1, -0.05) is 42.4 Å². The van der Waals surface area contributed by atoms with Crippen molar-refractivity contribution in [1.29, 1.82) is 0 Å². The highest BCUT2D eigenvalue weighted by Gasteiger charge is 2.30. The predicted molar refractivity (Wildman–Crippen MR) is 108 cm³/mol. The maximum absolute atomic E-state index is 13.1. The van der Waals surface area contributed by atoms with Crippen LogP contribution in [0.25, 0.3) is 0 Å². The Morgan fingerprint density at radius 1 is 1.23 bits per heavy atom. The summed E-state index contributed by atoms with van der Waals surface area (Å²) in [7, 11) is 0. The van der Waals surface area contributed by atoms with Crippen molar-refractivity contribution in [1.82, 2.24) is 10.2 Å². The Hall–Kier alpha value is -1.69. The molecule has 0 spiro atoms. The van der Waals surface area contributed by atoms with Crippen LogP contribution in [0.5, 0.6) is 0 Å². The fourth-order valence-electron chi connectivity index (χ4n) is 3.78. The highest BCUT2D eigenvalue weighted by atomic mass is 35.5. The molecule has 2 aliphatic heterocycles. The summed E-state index contributed by atoms with van der Waals surface area (Å²) < 4.78 is 0. The number of para-hydroxylation sites is 1. The molecule has 0 saturated carbocycles. The molecule has 1 unspecified atom stereocenters. The van der Waals surface area contributed by atoms with Crippen LogP contribution in [-0.4, -0.2) is 36.6 Å². The average molecular weight is 388 g/mol. The quantitative estimate of drug-likeness (QED) is 0.792. The van der Waals surface area contributed by atoms with E-state index in [9.17, 15) is 4.79 Å². The topological polar surface area (TPSA) is 35.6 Å². The molecule has 4 rings (SSSR count). The highest BCUT2D eigenvalue weighted by molar-refractivity contribution is 7.99. The fourth-order valence-corrected chi connectivity index (χ4v) is 5.11. The molecule has 6 heteroatoms. The molecule has 2 heterocycles. The molecule has 26 heavy (non-hydrogen) atoms. The van der Waals surface area contributed by atoms with Gasteiger partial charge in [-0.2, -0.15) is 0 Å². The van der Waals surface area contributed by atoms with Gasteiger partial charge in [0.2, 0.25) is 0 Å². The molecule has 136 valence electrons. The van der Waals surface area contributed by atoms with E-state index in [1.807, 2.05) is 42.5 Å². The van der Waals surface area contributed by atoms with Gasteiger partial charge in [0.25, 0.3) is 0 Å². The van der Waals surface area contributed by atoms with E-state index in [1.54, 1.807) is 16.7 Å². The van der Waals surface area contributed by atoms with Crippen molar-refractivity contribution >= 4 is 40.8 Å². The standard InChI is InChI=1S/C20H22ClN3OS/c1-2-23-11-5-6-15(23)13-22-20(25)24-16-7-3-4-8-18(16)26-19-12-14(21)9-10-17(19)24/h3-4,7-10,12,15H,2,5-6,11,13H2,1H3,(H,22,25). The lowest BCUT2D eigenvalue weighted by atomic mass is 10.2. The van der Waals surface area contributed by atoms with E-state index in [0.717, 1.165) is 40.7 Å². The van der Waals surface area contributed by atoms with Crippen LogP contribution in [-0.2, 0) is 0 Å². The Balaban J connectivity index is 1.60. The van der Waals surface area contributed by atoms with Crippen LogP contribution in [0.15, 0.2) is 52.3 Å². The summed E-state index contributed by atoms with van der Waals surface area (Å²) in [5.41, 5.74) is 1.80. The van der Waals surface area contributed by atoms with Gasteiger partial charge in [0.05, 0.1) is 11.4 Å². The van der Waals surface area contributed by atoms with E-state index in [0.29, 0.717) is 17.6 Å². The lowest BCUT2D eigenvalue weighted by molar-refractivity contribution is 0.235. The lowest BCUT2D eigenvalue weighted by Gasteiger charge is -2.32. The monoisotopic (exact) mass is 387 g/mol. The van der Waals surface area contributed by atoms with E-state index < -0.39 is 0 Å². The molecule has 2 amide bonds. The number of anilines is 2. The van der Waals surface area contributed by atoms with E-state index in [4.69, 9.17) is 11.6 Å². The number of nitrogens with zero attached hydrogens (tertiary/aromatic N) is 2. The number of hydrogen-bond acceptors (Lipinski definition) is 3. The van der Waals surface area contributed by atoms with Gasteiger partial charge in [0.15, 0.2) is 0 Å². The molecule has 2 aromatic carbocycles. The number of carbonyl (C=O) groups is 1. The third-order valence-electron chi connectivity index (χ3n) is 5.09. The number of fused-ring (bicyclic) bond motifs is 2. The average Bonchev–Trinajstić information content (AvgIpc) is 3.11. The molecular weight excluding hydrogens is 366 g/mol. The number of amides is 2. The van der Waals surface area contributed by atoms with Gasteiger partial charge in [0.1, 0.15) is 0 Å². The van der Waals surface area contributed by atoms with Crippen molar-refractivity contribution in [3.63, 3.8) is 0 Å². The van der Waals surface area contributed by atoms with E-state index in [1.165, 1.54) is 6.42 Å². The summed E-state index contributed by atoms with van der Waals surface area (Å²) in [4.78, 5) is 19.4. The zero-order valence-electron chi connectivity index (χ0n) is 14.7. The molecular formula is C20H22ClN3OS. The Labute approximate surface area is 163 Å². The van der Waals surface area contributed by atoms with Crippen molar-refractivity contribution in [2.75, 3.05) is 24.5 Å². The Morgan fingerprint density at radius 3 is 2.88 bits per heavy atom. The number of likely N-dealkylation sites (N-methyl/N-ethyl adjacent to an activating group) is 1. The summed E-state index contributed by atoms with van der Waals surface area (Å²) in [5.74, 6) is 0. The molecule has 0 bridgehead atoms. The number of rotatable bonds is 3. The summed E-state index contributed by atoms with van der Waals surface area (Å²) >= 11 is 7.82. The summed E-state index contributed by atoms with van der Waals surface area (Å²) in [5, 5.41) is 3.84. The van der Waals surface area contributed by atoms with E-state index >= 15 is 0 Å². The minimum atomic E-state index is -0.0794. The molecule has 1 N–H and O–H groups in total. The zero-order chi connectivity index (χ0) is 18.1. The molecule has 1 atom stereocenters. The molecule has 2 aliphatic rings. The number of urea groups is 1. The first kappa shape index (κ1) is 17.7. The van der Waals surface area contributed by atoms with Gasteiger partial charge in [-0.05, 0) is 56.3 Å². The molecule has 1 fully saturated rings. The number of benzene rings is 2. The van der Waals surface area contributed by atoms with Crippen LogP contribution in [0.2, 0.25) is 5.02 Å². The van der Waals surface area contributed by atoms with Gasteiger partial charge >= 0.3 is 6.03 Å². The van der Waals surface area contributed by atoms with Crippen LogP contribution < -0.4 is 10.2 Å². The molecule has 4 nitrogen and oxygen atoms in total. The number of nitrogens with one attached hydrogen (secondary N) is 1. The number of likely N-dealkylation sites (tertiary alicyclic amines) is 1. The number of hydrogen-bond donors (Lipinski definition) is 1. The van der Waals surface area contributed by atoms with Gasteiger partial charge < -0.3 is 5.32 Å². The Morgan fingerprint density at radius 2 is 2.04 bits per heavy atom. The fraction of sp³-hybridized carbons (Fsp3) is 0.350.